The smallest absolute Gasteiger partial charge is 0.0490 e. The molecule has 0 aromatic heterocycles. The Kier molecular flexibility index (Phi) is 3.56. The number of rotatable bonds is 2. The third-order valence-corrected chi connectivity index (χ3v) is 7.11. The van der Waals surface area contributed by atoms with Crippen LogP contribution in [0.2, 0.25) is 0 Å². The molecule has 2 aliphatic rings. The van der Waals surface area contributed by atoms with Gasteiger partial charge in [0.15, 0.2) is 0 Å². The third-order valence-electron chi connectivity index (χ3n) is 7.11. The first-order valence-electron chi connectivity index (χ1n) is 10.7. The van der Waals surface area contributed by atoms with Gasteiger partial charge < -0.3 is 4.90 Å². The van der Waals surface area contributed by atoms with E-state index in [-0.39, 0.29) is 5.41 Å². The van der Waals surface area contributed by atoms with Gasteiger partial charge >= 0.3 is 0 Å². The minimum Gasteiger partial charge on any atom is -0.344 e. The Morgan fingerprint density at radius 1 is 0.667 bits per heavy atom. The third kappa shape index (κ3) is 2.29. The zero-order valence-corrected chi connectivity index (χ0v) is 17.7. The van der Waals surface area contributed by atoms with Crippen LogP contribution in [0.5, 0.6) is 0 Å². The van der Waals surface area contributed by atoms with Crippen LogP contribution < -0.4 is 4.90 Å². The van der Waals surface area contributed by atoms with Crippen molar-refractivity contribution in [2.45, 2.75) is 25.7 Å². The fraction of sp³-hybridized carbons (Fsp3) is 0.172. The number of benzene rings is 4. The van der Waals surface area contributed by atoms with E-state index in [1.54, 1.807) is 0 Å². The van der Waals surface area contributed by atoms with E-state index >= 15 is 0 Å². The lowest BCUT2D eigenvalue weighted by atomic mass is 9.82. The summed E-state index contributed by atoms with van der Waals surface area (Å²) in [5.74, 6) is 0. The molecule has 0 N–H and O–H groups in total. The normalized spacial score (nSPS) is 14.6. The van der Waals surface area contributed by atoms with Gasteiger partial charge in [-0.1, -0.05) is 80.6 Å². The monoisotopic (exact) mass is 387 g/mol. The molecule has 0 unspecified atom stereocenters. The van der Waals surface area contributed by atoms with Crippen molar-refractivity contribution in [1.82, 2.24) is 0 Å². The van der Waals surface area contributed by atoms with E-state index in [2.05, 4.69) is 111 Å². The average Bonchev–Trinajstić information content (AvgIpc) is 3.26. The molecule has 0 fully saturated rings. The van der Waals surface area contributed by atoms with E-state index in [0.29, 0.717) is 0 Å². The van der Waals surface area contributed by atoms with Crippen molar-refractivity contribution < 1.29 is 0 Å². The second-order valence-corrected chi connectivity index (χ2v) is 9.10. The van der Waals surface area contributed by atoms with Crippen LogP contribution in [0.25, 0.3) is 22.3 Å². The van der Waals surface area contributed by atoms with Crippen molar-refractivity contribution in [3.8, 4) is 22.3 Å². The van der Waals surface area contributed by atoms with Crippen molar-refractivity contribution in [3.63, 3.8) is 0 Å². The minimum absolute atomic E-state index is 0.0218. The van der Waals surface area contributed by atoms with Gasteiger partial charge in [0.2, 0.25) is 0 Å². The molecule has 0 spiro atoms. The Bertz CT molecular complexity index is 1310. The first-order valence-corrected chi connectivity index (χ1v) is 10.7. The van der Waals surface area contributed by atoms with E-state index in [1.165, 1.54) is 55.9 Å². The molecule has 1 nitrogen and oxygen atoms in total. The fourth-order valence-corrected chi connectivity index (χ4v) is 5.49. The molecule has 0 radical (unpaired) electrons. The Balaban J connectivity index is 1.48. The lowest BCUT2D eigenvalue weighted by molar-refractivity contribution is 0.660. The molecule has 6 rings (SSSR count). The Morgan fingerprint density at radius 3 is 2.23 bits per heavy atom. The summed E-state index contributed by atoms with van der Waals surface area (Å²) in [6.45, 7) is 4.69. The lowest BCUT2D eigenvalue weighted by Gasteiger charge is -2.26. The maximum absolute atomic E-state index is 2.40. The van der Waals surface area contributed by atoms with Crippen LogP contribution >= 0.6 is 0 Å². The quantitative estimate of drug-likeness (QED) is 0.306. The molecule has 0 saturated heterocycles. The van der Waals surface area contributed by atoms with E-state index in [1.807, 2.05) is 0 Å². The highest BCUT2D eigenvalue weighted by Gasteiger charge is 2.35. The van der Waals surface area contributed by atoms with Gasteiger partial charge in [-0.05, 0) is 63.6 Å². The molecule has 2 aliphatic carbocycles. The van der Waals surface area contributed by atoms with E-state index < -0.39 is 0 Å². The molecule has 4 aromatic rings. The highest BCUT2D eigenvalue weighted by molar-refractivity contribution is 5.90. The van der Waals surface area contributed by atoms with Gasteiger partial charge in [0.05, 0.1) is 0 Å². The van der Waals surface area contributed by atoms with Crippen LogP contribution in [0.15, 0.2) is 84.9 Å². The van der Waals surface area contributed by atoms with Gasteiger partial charge in [0, 0.05) is 29.4 Å². The summed E-state index contributed by atoms with van der Waals surface area (Å²) < 4.78 is 0. The molecule has 0 atom stereocenters. The highest BCUT2D eigenvalue weighted by atomic mass is 15.1. The first kappa shape index (κ1) is 17.5. The number of fused-ring (bicyclic) bond motifs is 6. The van der Waals surface area contributed by atoms with E-state index in [4.69, 9.17) is 0 Å². The standard InChI is InChI=1S/C29H25N/c1-29(2)25-13-7-6-12-23(25)24-16-15-21(18-26(24)29)30(3)27-14-8-10-20-17-19-9-4-5-11-22(19)28(20)27/h4-16,18H,17H2,1-3H3. The average molecular weight is 388 g/mol. The molecule has 146 valence electrons. The van der Waals surface area contributed by atoms with Crippen molar-refractivity contribution in [1.29, 1.82) is 0 Å². The molecular formula is C29H25N. The zero-order valence-electron chi connectivity index (χ0n) is 17.7. The van der Waals surface area contributed by atoms with E-state index in [9.17, 15) is 0 Å². The molecule has 0 heterocycles. The fourth-order valence-electron chi connectivity index (χ4n) is 5.49. The van der Waals surface area contributed by atoms with Gasteiger partial charge in [-0.2, -0.15) is 0 Å². The summed E-state index contributed by atoms with van der Waals surface area (Å²) >= 11 is 0. The zero-order chi connectivity index (χ0) is 20.5. The predicted molar refractivity (Wildman–Crippen MR) is 127 cm³/mol. The Labute approximate surface area is 178 Å². The number of anilines is 2. The van der Waals surface area contributed by atoms with E-state index in [0.717, 1.165) is 6.42 Å². The lowest BCUT2D eigenvalue weighted by Crippen LogP contribution is -2.16. The van der Waals surface area contributed by atoms with Gasteiger partial charge in [-0.3, -0.25) is 0 Å². The summed E-state index contributed by atoms with van der Waals surface area (Å²) in [6, 6.07) is 31.4. The summed E-state index contributed by atoms with van der Waals surface area (Å²) in [6.07, 6.45) is 1.03. The first-order chi connectivity index (χ1) is 14.6. The van der Waals surface area contributed by atoms with Gasteiger partial charge in [0.25, 0.3) is 0 Å². The summed E-state index contributed by atoms with van der Waals surface area (Å²) in [5.41, 5.74) is 13.8. The van der Waals surface area contributed by atoms with Gasteiger partial charge in [-0.15, -0.1) is 0 Å². The van der Waals surface area contributed by atoms with Crippen LogP contribution in [0.1, 0.15) is 36.1 Å². The second kappa shape index (κ2) is 6.09. The van der Waals surface area contributed by atoms with Crippen molar-refractivity contribution in [2.24, 2.45) is 0 Å². The summed E-state index contributed by atoms with van der Waals surface area (Å²) in [5, 5.41) is 0. The van der Waals surface area contributed by atoms with Crippen LogP contribution in [0, 0.1) is 0 Å². The molecule has 0 aliphatic heterocycles. The second-order valence-electron chi connectivity index (χ2n) is 9.10. The molecule has 0 bridgehead atoms. The maximum Gasteiger partial charge on any atom is 0.0490 e. The number of hydrogen-bond acceptors (Lipinski definition) is 1. The van der Waals surface area contributed by atoms with Crippen molar-refractivity contribution in [2.75, 3.05) is 11.9 Å². The minimum atomic E-state index is 0.0218. The topological polar surface area (TPSA) is 3.24 Å². The van der Waals surface area contributed by atoms with Gasteiger partial charge in [0.1, 0.15) is 0 Å². The maximum atomic E-state index is 2.40. The van der Waals surface area contributed by atoms with Crippen LogP contribution in [-0.4, -0.2) is 7.05 Å². The Hall–Kier alpha value is -3.32. The number of hydrogen-bond donors (Lipinski definition) is 0. The largest absolute Gasteiger partial charge is 0.344 e. The SMILES string of the molecule is CN(c1ccc2c(c1)C(C)(C)c1ccccc1-2)c1cccc2c1-c1ccccc1C2. The van der Waals surface area contributed by atoms with Crippen LogP contribution in [0.4, 0.5) is 11.4 Å². The summed E-state index contributed by atoms with van der Waals surface area (Å²) in [4.78, 5) is 2.36. The van der Waals surface area contributed by atoms with Gasteiger partial charge in [-0.25, -0.2) is 0 Å². The predicted octanol–water partition coefficient (Wildman–Crippen LogP) is 7.33. The van der Waals surface area contributed by atoms with Crippen LogP contribution in [0.3, 0.4) is 0 Å². The molecule has 30 heavy (non-hydrogen) atoms. The molecule has 0 saturated carbocycles. The number of nitrogens with zero attached hydrogens (tertiary/aromatic N) is 1. The molecule has 0 amide bonds. The van der Waals surface area contributed by atoms with Crippen molar-refractivity contribution in [3.05, 3.63) is 107 Å². The molecular weight excluding hydrogens is 362 g/mol. The highest BCUT2D eigenvalue weighted by Crippen LogP contribution is 2.50. The molecule has 4 aromatic carbocycles. The van der Waals surface area contributed by atoms with Crippen molar-refractivity contribution >= 4 is 11.4 Å². The summed E-state index contributed by atoms with van der Waals surface area (Å²) in [7, 11) is 2.20. The van der Waals surface area contributed by atoms with Crippen LogP contribution in [-0.2, 0) is 11.8 Å². The Morgan fingerprint density at radius 2 is 1.37 bits per heavy atom. The molecule has 1 heteroatoms.